The van der Waals surface area contributed by atoms with Gasteiger partial charge in [-0.15, -0.1) is 0 Å². The van der Waals surface area contributed by atoms with Crippen molar-refractivity contribution in [2.24, 2.45) is 0 Å². The lowest BCUT2D eigenvalue weighted by molar-refractivity contribution is 0.476. The van der Waals surface area contributed by atoms with Crippen molar-refractivity contribution < 1.29 is 4.74 Å². The summed E-state index contributed by atoms with van der Waals surface area (Å²) < 4.78 is 8.99. The molecule has 1 aliphatic rings. The summed E-state index contributed by atoms with van der Waals surface area (Å²) in [4.78, 5) is 2.40. The van der Waals surface area contributed by atoms with Crippen LogP contribution in [0.1, 0.15) is 105 Å². The third kappa shape index (κ3) is 10.9. The quantitative estimate of drug-likeness (QED) is 0.148. The van der Waals surface area contributed by atoms with Crippen LogP contribution in [0.4, 0.5) is 17.1 Å². The summed E-state index contributed by atoms with van der Waals surface area (Å²) >= 11 is 4.79. The Hall–Kier alpha value is -5.96. The Morgan fingerprint density at radius 3 is 0.743 bits per heavy atom. The molecule has 9 aromatic rings. The van der Waals surface area contributed by atoms with Crippen LogP contribution in [-0.2, 0) is 21.7 Å². The van der Waals surface area contributed by atoms with Gasteiger partial charge in [-0.3, -0.25) is 0 Å². The van der Waals surface area contributed by atoms with E-state index in [0.29, 0.717) is 0 Å². The summed E-state index contributed by atoms with van der Waals surface area (Å²) in [7, 11) is 0. The van der Waals surface area contributed by atoms with Crippen LogP contribution in [0.5, 0.6) is 11.5 Å². The Balaban J connectivity index is 1.24. The molecule has 0 aliphatic carbocycles. The maximum atomic E-state index is 6.75. The second-order valence-electron chi connectivity index (χ2n) is 24.3. The van der Waals surface area contributed by atoms with Crippen molar-refractivity contribution in [2.75, 3.05) is 4.90 Å². The average molecular weight is 1190 g/mol. The molecule has 0 spiro atoms. The minimum absolute atomic E-state index is 0.0490. The van der Waals surface area contributed by atoms with Crippen LogP contribution < -0.4 is 9.64 Å². The predicted molar refractivity (Wildman–Crippen MR) is 334 cm³/mol. The van der Waals surface area contributed by atoms with Gasteiger partial charge < -0.3 is 9.64 Å². The normalized spacial score (nSPS) is 12.8. The monoisotopic (exact) mass is 1190 g/mol. The van der Waals surface area contributed by atoms with Crippen LogP contribution in [0.2, 0.25) is 0 Å². The van der Waals surface area contributed by atoms with Gasteiger partial charge in [-0.1, -0.05) is 180 Å². The largest absolute Gasteiger partial charge is 0.453 e. The van der Waals surface area contributed by atoms with Crippen LogP contribution >= 0.6 is 45.2 Å². The molecular formula is C70H67I2NO. The molecule has 0 unspecified atom stereocenters. The fourth-order valence-electron chi connectivity index (χ4n) is 10.0. The number of ether oxygens (including phenoxy) is 1. The minimum Gasteiger partial charge on any atom is -0.453 e. The van der Waals surface area contributed by atoms with Gasteiger partial charge in [0.1, 0.15) is 0 Å². The molecule has 0 saturated heterocycles. The number of hydrogen-bond donors (Lipinski definition) is 0. The summed E-state index contributed by atoms with van der Waals surface area (Å²) in [5, 5.41) is 0. The summed E-state index contributed by atoms with van der Waals surface area (Å²) in [6, 6.07) is 71.3. The zero-order valence-corrected chi connectivity index (χ0v) is 49.3. The van der Waals surface area contributed by atoms with Crippen LogP contribution in [0, 0.1) is 7.14 Å². The van der Waals surface area contributed by atoms with Gasteiger partial charge >= 0.3 is 0 Å². The molecule has 74 heavy (non-hydrogen) atoms. The Morgan fingerprint density at radius 2 is 0.500 bits per heavy atom. The van der Waals surface area contributed by atoms with Gasteiger partial charge in [-0.2, -0.15) is 0 Å². The van der Waals surface area contributed by atoms with Crippen LogP contribution in [0.15, 0.2) is 188 Å². The van der Waals surface area contributed by atoms with E-state index < -0.39 is 0 Å². The molecule has 0 amide bonds. The van der Waals surface area contributed by atoms with E-state index in [9.17, 15) is 0 Å². The number of hydrogen-bond acceptors (Lipinski definition) is 2. The van der Waals surface area contributed by atoms with Gasteiger partial charge in [0.05, 0.1) is 11.4 Å². The lowest BCUT2D eigenvalue weighted by Gasteiger charge is -2.33. The van der Waals surface area contributed by atoms with Crippen LogP contribution in [0.3, 0.4) is 0 Å². The van der Waals surface area contributed by atoms with Crippen molar-refractivity contribution in [1.82, 2.24) is 0 Å². The smallest absolute Gasteiger partial charge is 0.152 e. The molecule has 0 bridgehead atoms. The van der Waals surface area contributed by atoms with E-state index in [-0.39, 0.29) is 21.7 Å². The first kappa shape index (κ1) is 51.5. The first-order chi connectivity index (χ1) is 34.9. The maximum absolute atomic E-state index is 6.75. The maximum Gasteiger partial charge on any atom is 0.152 e. The zero-order valence-electron chi connectivity index (χ0n) is 45.0. The summed E-state index contributed by atoms with van der Waals surface area (Å²) in [6.45, 7) is 27.4. The van der Waals surface area contributed by atoms with Crippen molar-refractivity contribution in [3.05, 3.63) is 217 Å². The summed E-state index contributed by atoms with van der Waals surface area (Å²) in [6.07, 6.45) is 0. The molecule has 0 radical (unpaired) electrons. The molecule has 0 N–H and O–H groups in total. The summed E-state index contributed by atoms with van der Waals surface area (Å²) in [5.41, 5.74) is 22.5. The molecule has 0 saturated carbocycles. The van der Waals surface area contributed by atoms with Crippen molar-refractivity contribution in [1.29, 1.82) is 0 Å². The Labute approximate surface area is 468 Å². The summed E-state index contributed by atoms with van der Waals surface area (Å²) in [5.74, 6) is 1.67. The van der Waals surface area contributed by atoms with Gasteiger partial charge in [0.2, 0.25) is 0 Å². The predicted octanol–water partition coefficient (Wildman–Crippen LogP) is 21.7. The number of halogens is 2. The Bertz CT molecular complexity index is 3160. The van der Waals surface area contributed by atoms with Gasteiger partial charge in [-0.25, -0.2) is 0 Å². The lowest BCUT2D eigenvalue weighted by Crippen LogP contribution is -2.16. The van der Waals surface area contributed by atoms with Gasteiger partial charge in [0.15, 0.2) is 11.5 Å². The third-order valence-corrected chi connectivity index (χ3v) is 15.9. The van der Waals surface area contributed by atoms with E-state index in [2.05, 4.69) is 321 Å². The fourth-order valence-corrected chi connectivity index (χ4v) is 10.9. The first-order valence-electron chi connectivity index (χ1n) is 25.9. The molecule has 4 heteroatoms. The van der Waals surface area contributed by atoms with Crippen molar-refractivity contribution in [3.8, 4) is 78.3 Å². The zero-order chi connectivity index (χ0) is 52.5. The van der Waals surface area contributed by atoms with Gasteiger partial charge in [0, 0.05) is 12.8 Å². The topological polar surface area (TPSA) is 12.5 Å². The second kappa shape index (κ2) is 19.6. The molecule has 1 heterocycles. The molecule has 9 aromatic carbocycles. The van der Waals surface area contributed by atoms with E-state index in [0.717, 1.165) is 58.0 Å². The average Bonchev–Trinajstić information content (AvgIpc) is 3.36. The van der Waals surface area contributed by atoms with Crippen LogP contribution in [-0.4, -0.2) is 0 Å². The molecule has 0 fully saturated rings. The third-order valence-electron chi connectivity index (χ3n) is 14.6. The van der Waals surface area contributed by atoms with E-state index in [1.807, 2.05) is 0 Å². The van der Waals surface area contributed by atoms with Gasteiger partial charge in [-0.05, 0) is 247 Å². The van der Waals surface area contributed by atoms with E-state index >= 15 is 0 Å². The highest BCUT2D eigenvalue weighted by atomic mass is 127. The second-order valence-corrected chi connectivity index (χ2v) is 26.8. The van der Waals surface area contributed by atoms with Crippen molar-refractivity contribution in [3.63, 3.8) is 0 Å². The standard InChI is InChI=1S/C70H67I2NO/c1-67(2,3)56-21-13-44(14-22-56)48-33-49(45-15-23-57(24-16-45)68(4,5)6)36-52(35-48)54-39-55(41-62(40-54)73-63-31-29-60(71)42-65(63)74-66-43-61(72)30-32-64(66)73)53-37-50(46-17-25-58(26-18-46)69(7,8)9)34-51(38-53)47-19-27-59(28-20-47)70(10,11)12/h13-43H,1-12H3. The van der Waals surface area contributed by atoms with Crippen molar-refractivity contribution >= 4 is 62.2 Å². The van der Waals surface area contributed by atoms with Crippen LogP contribution in [0.25, 0.3) is 66.8 Å². The van der Waals surface area contributed by atoms with E-state index in [1.165, 1.54) is 66.8 Å². The minimum atomic E-state index is 0.0490. The number of rotatable bonds is 7. The van der Waals surface area contributed by atoms with Gasteiger partial charge in [0.25, 0.3) is 0 Å². The molecule has 2 nitrogen and oxygen atoms in total. The SMILES string of the molecule is CC(C)(C)c1ccc(-c2cc(-c3ccc(C(C)(C)C)cc3)cc(-c3cc(-c4cc(-c5ccc(C(C)(C)C)cc5)cc(-c5ccc(C(C)(C)C)cc5)c4)cc(N4c5ccc(I)cc5Oc5cc(I)ccc54)c3)c2)cc1. The number of benzene rings is 9. The highest BCUT2D eigenvalue weighted by Gasteiger charge is 2.28. The number of fused-ring (bicyclic) bond motifs is 2. The Morgan fingerprint density at radius 1 is 0.270 bits per heavy atom. The van der Waals surface area contributed by atoms with E-state index in [4.69, 9.17) is 4.74 Å². The number of nitrogens with zero attached hydrogens (tertiary/aromatic N) is 1. The molecule has 0 aromatic heterocycles. The molecule has 372 valence electrons. The molecule has 1 aliphatic heterocycles. The Kier molecular flexibility index (Phi) is 13.7. The molecule has 10 rings (SSSR count). The molecular weight excluding hydrogens is 1120 g/mol. The number of anilines is 3. The lowest BCUT2D eigenvalue weighted by atomic mass is 9.84. The highest BCUT2D eigenvalue weighted by molar-refractivity contribution is 14.1. The fraction of sp³-hybridized carbons (Fsp3) is 0.229. The highest BCUT2D eigenvalue weighted by Crippen LogP contribution is 2.53. The first-order valence-corrected chi connectivity index (χ1v) is 28.1. The molecule has 0 atom stereocenters. The van der Waals surface area contributed by atoms with E-state index in [1.54, 1.807) is 0 Å². The van der Waals surface area contributed by atoms with Crippen molar-refractivity contribution in [2.45, 2.75) is 105 Å².